The van der Waals surface area contributed by atoms with Crippen LogP contribution < -0.4 is 10.1 Å². The number of amides is 3. The molecule has 9 heteroatoms. The molecule has 0 bridgehead atoms. The lowest BCUT2D eigenvalue weighted by molar-refractivity contribution is -0.130. The normalized spacial score (nSPS) is 18.6. The van der Waals surface area contributed by atoms with Crippen molar-refractivity contribution in [3.8, 4) is 5.75 Å². The van der Waals surface area contributed by atoms with E-state index < -0.39 is 0 Å². The molecule has 0 aliphatic carbocycles. The van der Waals surface area contributed by atoms with Gasteiger partial charge in [0, 0.05) is 56.9 Å². The fourth-order valence-electron chi connectivity index (χ4n) is 4.70. The van der Waals surface area contributed by atoms with Crippen LogP contribution in [-0.2, 0) is 11.3 Å². The third-order valence-electron chi connectivity index (χ3n) is 6.68. The molecular formula is C27H32ClFN4O3. The van der Waals surface area contributed by atoms with Gasteiger partial charge in [0.2, 0.25) is 5.91 Å². The molecule has 2 aromatic rings. The average molecular weight is 515 g/mol. The number of methoxy groups -OCH3 is 1. The first-order valence-corrected chi connectivity index (χ1v) is 12.6. The number of hydrogen-bond donors (Lipinski definition) is 1. The number of nitrogens with one attached hydrogen (secondary N) is 1. The minimum Gasteiger partial charge on any atom is -0.495 e. The van der Waals surface area contributed by atoms with Gasteiger partial charge < -0.3 is 19.9 Å². The highest BCUT2D eigenvalue weighted by Gasteiger charge is 2.26. The smallest absolute Gasteiger partial charge is 0.321 e. The van der Waals surface area contributed by atoms with Crippen LogP contribution in [0.3, 0.4) is 0 Å². The van der Waals surface area contributed by atoms with Crippen molar-refractivity contribution in [3.63, 3.8) is 0 Å². The number of urea groups is 1. The van der Waals surface area contributed by atoms with Crippen LogP contribution in [0, 0.1) is 5.82 Å². The summed E-state index contributed by atoms with van der Waals surface area (Å²) < 4.78 is 18.5. The van der Waals surface area contributed by atoms with E-state index in [0.29, 0.717) is 35.1 Å². The first kappa shape index (κ1) is 26.0. The van der Waals surface area contributed by atoms with Crippen molar-refractivity contribution in [1.29, 1.82) is 0 Å². The quantitative estimate of drug-likeness (QED) is 0.559. The van der Waals surface area contributed by atoms with Crippen molar-refractivity contribution in [3.05, 3.63) is 64.4 Å². The minimum absolute atomic E-state index is 0.0189. The predicted octanol–water partition coefficient (Wildman–Crippen LogP) is 4.86. The number of benzene rings is 2. The van der Waals surface area contributed by atoms with Gasteiger partial charge in [-0.25, -0.2) is 9.18 Å². The molecule has 7 nitrogen and oxygen atoms in total. The molecule has 2 aromatic carbocycles. The molecule has 0 aromatic heterocycles. The monoisotopic (exact) mass is 514 g/mol. The summed E-state index contributed by atoms with van der Waals surface area (Å²) in [5.74, 6) is 0.117. The van der Waals surface area contributed by atoms with E-state index in [1.165, 1.54) is 25.3 Å². The van der Waals surface area contributed by atoms with E-state index in [9.17, 15) is 14.0 Å². The predicted molar refractivity (Wildman–Crippen MR) is 140 cm³/mol. The molecule has 2 aliphatic heterocycles. The number of piperazine rings is 1. The number of carbonyl (C=O) groups is 2. The second-order valence-electron chi connectivity index (χ2n) is 9.27. The van der Waals surface area contributed by atoms with Gasteiger partial charge in [0.25, 0.3) is 0 Å². The second-order valence-corrected chi connectivity index (χ2v) is 9.68. The zero-order valence-electron chi connectivity index (χ0n) is 20.7. The maximum absolute atomic E-state index is 13.2. The zero-order chi connectivity index (χ0) is 25.7. The Morgan fingerprint density at radius 2 is 1.86 bits per heavy atom. The molecule has 36 heavy (non-hydrogen) atoms. The van der Waals surface area contributed by atoms with E-state index in [1.807, 2.05) is 11.8 Å². The van der Waals surface area contributed by atoms with Crippen LogP contribution in [0.5, 0.6) is 5.75 Å². The molecule has 2 saturated heterocycles. The minimum atomic E-state index is -0.244. The standard InChI is InChI=1S/C27H32ClFN4O3/c1-19-17-31(18-20-5-8-22(29)9-6-20)13-14-33(19)26(34)10-7-21-15-25(36-2)23(28)16-24(21)30-27(35)32-11-3-4-12-32/h5-10,15-16,19H,3-4,11-14,17-18H2,1-2H3,(H,30,35)/t19-/m1/s1. The first-order chi connectivity index (χ1) is 17.3. The van der Waals surface area contributed by atoms with Gasteiger partial charge >= 0.3 is 6.03 Å². The largest absolute Gasteiger partial charge is 0.495 e. The van der Waals surface area contributed by atoms with E-state index in [1.54, 1.807) is 35.2 Å². The molecule has 192 valence electrons. The number of likely N-dealkylation sites (tertiary alicyclic amines) is 1. The number of carbonyl (C=O) groups excluding carboxylic acids is 2. The van der Waals surface area contributed by atoms with Crippen LogP contribution in [0.4, 0.5) is 14.9 Å². The molecule has 1 N–H and O–H groups in total. The third kappa shape index (κ3) is 6.36. The summed E-state index contributed by atoms with van der Waals surface area (Å²) in [5, 5.41) is 3.31. The molecule has 0 unspecified atom stereocenters. The van der Waals surface area contributed by atoms with Crippen LogP contribution in [0.2, 0.25) is 5.02 Å². The maximum Gasteiger partial charge on any atom is 0.321 e. The van der Waals surface area contributed by atoms with Gasteiger partial charge in [-0.3, -0.25) is 9.69 Å². The lowest BCUT2D eigenvalue weighted by Crippen LogP contribution is -2.53. The van der Waals surface area contributed by atoms with E-state index in [-0.39, 0.29) is 23.8 Å². The number of ether oxygens (including phenoxy) is 1. The Kier molecular flexibility index (Phi) is 8.48. The number of hydrogen-bond acceptors (Lipinski definition) is 4. The van der Waals surface area contributed by atoms with Crippen LogP contribution in [0.25, 0.3) is 6.08 Å². The lowest BCUT2D eigenvalue weighted by atomic mass is 10.1. The molecule has 1 atom stereocenters. The second kappa shape index (κ2) is 11.8. The third-order valence-corrected chi connectivity index (χ3v) is 6.97. The molecule has 2 heterocycles. The van der Waals surface area contributed by atoms with Crippen LogP contribution in [-0.4, -0.2) is 72.5 Å². The Hall–Kier alpha value is -3.10. The highest BCUT2D eigenvalue weighted by atomic mass is 35.5. The summed E-state index contributed by atoms with van der Waals surface area (Å²) in [7, 11) is 1.52. The SMILES string of the molecule is COc1cc(C=CC(=O)N2CCN(Cc3ccc(F)cc3)C[C@H]2C)c(NC(=O)N2CCCC2)cc1Cl. The van der Waals surface area contributed by atoms with Crippen molar-refractivity contribution in [2.24, 2.45) is 0 Å². The van der Waals surface area contributed by atoms with Gasteiger partial charge in [0.1, 0.15) is 11.6 Å². The van der Waals surface area contributed by atoms with Crippen molar-refractivity contribution in [2.45, 2.75) is 32.4 Å². The van der Waals surface area contributed by atoms with Crippen LogP contribution >= 0.6 is 11.6 Å². The summed E-state index contributed by atoms with van der Waals surface area (Å²) in [6.45, 7) is 6.24. The molecular weight excluding hydrogens is 483 g/mol. The van der Waals surface area contributed by atoms with E-state index in [0.717, 1.165) is 44.6 Å². The highest BCUT2D eigenvalue weighted by molar-refractivity contribution is 6.32. The summed E-state index contributed by atoms with van der Waals surface area (Å²) in [6.07, 6.45) is 5.21. The number of anilines is 1. The Labute approximate surface area is 216 Å². The van der Waals surface area contributed by atoms with Gasteiger partial charge in [-0.1, -0.05) is 23.7 Å². The summed E-state index contributed by atoms with van der Waals surface area (Å²) >= 11 is 6.32. The van der Waals surface area contributed by atoms with Crippen molar-refractivity contribution >= 4 is 35.3 Å². The van der Waals surface area contributed by atoms with Gasteiger partial charge in [-0.2, -0.15) is 0 Å². The molecule has 2 fully saturated rings. The zero-order valence-corrected chi connectivity index (χ0v) is 21.4. The van der Waals surface area contributed by atoms with Crippen molar-refractivity contribution < 1.29 is 18.7 Å². The van der Waals surface area contributed by atoms with Gasteiger partial charge in [-0.15, -0.1) is 0 Å². The van der Waals surface area contributed by atoms with Gasteiger partial charge in [0.15, 0.2) is 0 Å². The lowest BCUT2D eigenvalue weighted by Gasteiger charge is -2.39. The van der Waals surface area contributed by atoms with Gasteiger partial charge in [0.05, 0.1) is 17.8 Å². The Morgan fingerprint density at radius 3 is 2.53 bits per heavy atom. The van der Waals surface area contributed by atoms with E-state index in [2.05, 4.69) is 10.2 Å². The van der Waals surface area contributed by atoms with Crippen LogP contribution in [0.1, 0.15) is 30.9 Å². The Bertz CT molecular complexity index is 1120. The molecule has 4 rings (SSSR count). The van der Waals surface area contributed by atoms with Gasteiger partial charge in [-0.05, 0) is 55.7 Å². The van der Waals surface area contributed by atoms with Crippen LogP contribution in [0.15, 0.2) is 42.5 Å². The summed E-state index contributed by atoms with van der Waals surface area (Å²) in [5.41, 5.74) is 2.21. The molecule has 3 amide bonds. The number of rotatable bonds is 6. The highest BCUT2D eigenvalue weighted by Crippen LogP contribution is 2.32. The van der Waals surface area contributed by atoms with Crippen molar-refractivity contribution in [2.75, 3.05) is 45.2 Å². The maximum atomic E-state index is 13.2. The average Bonchev–Trinajstić information content (AvgIpc) is 3.40. The topological polar surface area (TPSA) is 65.1 Å². The Morgan fingerprint density at radius 1 is 1.14 bits per heavy atom. The van der Waals surface area contributed by atoms with Crippen molar-refractivity contribution in [1.82, 2.24) is 14.7 Å². The van der Waals surface area contributed by atoms with E-state index in [4.69, 9.17) is 16.3 Å². The number of nitrogens with zero attached hydrogens (tertiary/aromatic N) is 3. The molecule has 2 aliphatic rings. The van der Waals surface area contributed by atoms with E-state index >= 15 is 0 Å². The summed E-state index contributed by atoms with van der Waals surface area (Å²) in [6, 6.07) is 9.73. The molecule has 0 saturated carbocycles. The Balaban J connectivity index is 1.42. The first-order valence-electron chi connectivity index (χ1n) is 12.2. The fourth-order valence-corrected chi connectivity index (χ4v) is 4.94. The number of halogens is 2. The molecule has 0 radical (unpaired) electrons. The summed E-state index contributed by atoms with van der Waals surface area (Å²) in [4.78, 5) is 31.6. The fraction of sp³-hybridized carbons (Fsp3) is 0.407. The molecule has 0 spiro atoms.